The Balaban J connectivity index is 1.97. The van der Waals surface area contributed by atoms with Crippen molar-refractivity contribution >= 4 is 11.0 Å². The summed E-state index contributed by atoms with van der Waals surface area (Å²) in [4.78, 5) is 8.24. The molecule has 0 spiro atoms. The van der Waals surface area contributed by atoms with Gasteiger partial charge in [0.05, 0.1) is 17.1 Å². The minimum Gasteiger partial charge on any atom is -0.341 e. The lowest BCUT2D eigenvalue weighted by atomic mass is 9.94. The van der Waals surface area contributed by atoms with Crippen molar-refractivity contribution in [2.24, 2.45) is 5.92 Å². The largest absolute Gasteiger partial charge is 0.341 e. The van der Waals surface area contributed by atoms with Crippen LogP contribution in [0, 0.1) is 19.8 Å². The highest BCUT2D eigenvalue weighted by Crippen LogP contribution is 2.27. The van der Waals surface area contributed by atoms with E-state index in [4.69, 9.17) is 4.98 Å². The van der Waals surface area contributed by atoms with Crippen LogP contribution in [0.5, 0.6) is 0 Å². The molecule has 2 aromatic rings. The molecule has 2 heterocycles. The molecule has 0 radical (unpaired) electrons. The van der Waals surface area contributed by atoms with Gasteiger partial charge in [0.1, 0.15) is 5.82 Å². The van der Waals surface area contributed by atoms with Crippen LogP contribution < -0.4 is 5.32 Å². The van der Waals surface area contributed by atoms with Gasteiger partial charge in [-0.05, 0) is 62.4 Å². The highest BCUT2D eigenvalue weighted by atomic mass is 15.0. The van der Waals surface area contributed by atoms with Crippen LogP contribution in [0.3, 0.4) is 0 Å². The van der Waals surface area contributed by atoms with Gasteiger partial charge in [-0.15, -0.1) is 0 Å². The SMILES string of the molecule is Cc1cc2nc(C3CC(C)CCN3)[nH]c2cc1C. The van der Waals surface area contributed by atoms with Gasteiger partial charge < -0.3 is 10.3 Å². The van der Waals surface area contributed by atoms with Crippen LogP contribution in [0.25, 0.3) is 11.0 Å². The number of aryl methyl sites for hydroxylation is 2. The van der Waals surface area contributed by atoms with Crippen molar-refractivity contribution in [2.75, 3.05) is 6.54 Å². The van der Waals surface area contributed by atoms with Crippen LogP contribution in [0.15, 0.2) is 12.1 Å². The number of aromatic amines is 1. The summed E-state index contributed by atoms with van der Waals surface area (Å²) < 4.78 is 0. The van der Waals surface area contributed by atoms with E-state index in [1.165, 1.54) is 24.0 Å². The third-order valence-electron chi connectivity index (χ3n) is 4.11. The molecule has 0 amide bonds. The van der Waals surface area contributed by atoms with Gasteiger partial charge in [-0.1, -0.05) is 6.92 Å². The standard InChI is InChI=1S/C15H21N3/c1-9-4-5-16-14(6-9)15-17-12-7-10(2)11(3)8-13(12)18-15/h7-9,14,16H,4-6H2,1-3H3,(H,17,18). The van der Waals surface area contributed by atoms with Gasteiger partial charge >= 0.3 is 0 Å². The van der Waals surface area contributed by atoms with E-state index < -0.39 is 0 Å². The molecule has 1 aliphatic rings. The molecule has 1 fully saturated rings. The minimum absolute atomic E-state index is 0.391. The van der Waals surface area contributed by atoms with Crippen LogP contribution >= 0.6 is 0 Å². The van der Waals surface area contributed by atoms with Crippen molar-refractivity contribution in [3.63, 3.8) is 0 Å². The summed E-state index contributed by atoms with van der Waals surface area (Å²) in [5.74, 6) is 1.88. The summed E-state index contributed by atoms with van der Waals surface area (Å²) >= 11 is 0. The minimum atomic E-state index is 0.391. The summed E-state index contributed by atoms with van der Waals surface area (Å²) in [6.07, 6.45) is 2.45. The quantitative estimate of drug-likeness (QED) is 0.807. The molecule has 3 rings (SSSR count). The van der Waals surface area contributed by atoms with Crippen molar-refractivity contribution in [1.82, 2.24) is 15.3 Å². The van der Waals surface area contributed by atoms with E-state index in [1.54, 1.807) is 0 Å². The molecule has 2 N–H and O–H groups in total. The number of H-pyrrole nitrogens is 1. The predicted molar refractivity (Wildman–Crippen MR) is 74.7 cm³/mol. The number of benzene rings is 1. The van der Waals surface area contributed by atoms with Gasteiger partial charge in [-0.2, -0.15) is 0 Å². The molecule has 18 heavy (non-hydrogen) atoms. The maximum atomic E-state index is 4.75. The molecule has 2 unspecified atom stereocenters. The Bertz CT molecular complexity index is 531. The fourth-order valence-corrected chi connectivity index (χ4v) is 2.77. The van der Waals surface area contributed by atoms with Crippen LogP contribution in [0.4, 0.5) is 0 Å². The fourth-order valence-electron chi connectivity index (χ4n) is 2.77. The first kappa shape index (κ1) is 11.7. The number of aromatic nitrogens is 2. The maximum absolute atomic E-state index is 4.75. The van der Waals surface area contributed by atoms with Gasteiger partial charge in [-0.3, -0.25) is 0 Å². The van der Waals surface area contributed by atoms with E-state index in [9.17, 15) is 0 Å². The first-order valence-electron chi connectivity index (χ1n) is 6.83. The van der Waals surface area contributed by atoms with Crippen molar-refractivity contribution < 1.29 is 0 Å². The predicted octanol–water partition coefficient (Wildman–Crippen LogP) is 3.24. The number of nitrogens with one attached hydrogen (secondary N) is 2. The summed E-state index contributed by atoms with van der Waals surface area (Å²) in [5, 5.41) is 3.56. The van der Waals surface area contributed by atoms with Gasteiger partial charge in [0.15, 0.2) is 0 Å². The number of rotatable bonds is 1. The summed E-state index contributed by atoms with van der Waals surface area (Å²) in [6, 6.07) is 4.77. The Kier molecular flexibility index (Phi) is 2.86. The van der Waals surface area contributed by atoms with Crippen LogP contribution in [0.1, 0.15) is 42.8 Å². The number of hydrogen-bond acceptors (Lipinski definition) is 2. The Morgan fingerprint density at radius 3 is 2.78 bits per heavy atom. The molecule has 0 bridgehead atoms. The molecule has 1 aromatic heterocycles. The van der Waals surface area contributed by atoms with Crippen molar-refractivity contribution in [1.29, 1.82) is 0 Å². The van der Waals surface area contributed by atoms with E-state index in [2.05, 4.69) is 43.2 Å². The van der Waals surface area contributed by atoms with E-state index in [1.807, 2.05) is 0 Å². The van der Waals surface area contributed by atoms with Crippen molar-refractivity contribution in [2.45, 2.75) is 39.7 Å². The molecule has 0 saturated carbocycles. The first-order valence-corrected chi connectivity index (χ1v) is 6.83. The molecule has 0 aliphatic carbocycles. The van der Waals surface area contributed by atoms with Crippen molar-refractivity contribution in [3.8, 4) is 0 Å². The lowest BCUT2D eigenvalue weighted by molar-refractivity contribution is 0.317. The normalized spacial score (nSPS) is 24.6. The third-order valence-corrected chi connectivity index (χ3v) is 4.11. The zero-order chi connectivity index (χ0) is 12.7. The average Bonchev–Trinajstić information content (AvgIpc) is 2.73. The summed E-state index contributed by atoms with van der Waals surface area (Å²) in [5.41, 5.74) is 4.88. The Morgan fingerprint density at radius 1 is 1.22 bits per heavy atom. The second kappa shape index (κ2) is 4.39. The van der Waals surface area contributed by atoms with Crippen LogP contribution in [-0.2, 0) is 0 Å². The Labute approximate surface area is 108 Å². The highest BCUT2D eigenvalue weighted by Gasteiger charge is 2.22. The molecule has 1 aliphatic heterocycles. The van der Waals surface area contributed by atoms with Crippen molar-refractivity contribution in [3.05, 3.63) is 29.1 Å². The second-order valence-electron chi connectivity index (χ2n) is 5.71. The molecule has 96 valence electrons. The van der Waals surface area contributed by atoms with Crippen LogP contribution in [-0.4, -0.2) is 16.5 Å². The number of nitrogens with zero attached hydrogens (tertiary/aromatic N) is 1. The van der Waals surface area contributed by atoms with E-state index in [0.29, 0.717) is 6.04 Å². The third kappa shape index (κ3) is 2.03. The highest BCUT2D eigenvalue weighted by molar-refractivity contribution is 5.77. The number of piperidine rings is 1. The van der Waals surface area contributed by atoms with E-state index in [0.717, 1.165) is 29.3 Å². The molecular formula is C15H21N3. The van der Waals surface area contributed by atoms with Crippen LogP contribution in [0.2, 0.25) is 0 Å². The molecule has 2 atom stereocenters. The van der Waals surface area contributed by atoms with Gasteiger partial charge in [0, 0.05) is 0 Å². The fraction of sp³-hybridized carbons (Fsp3) is 0.533. The molecular weight excluding hydrogens is 222 g/mol. The summed E-state index contributed by atoms with van der Waals surface area (Å²) in [7, 11) is 0. The maximum Gasteiger partial charge on any atom is 0.124 e. The number of imidazole rings is 1. The first-order chi connectivity index (χ1) is 8.63. The lowest BCUT2D eigenvalue weighted by Crippen LogP contribution is -2.31. The molecule has 3 nitrogen and oxygen atoms in total. The summed E-state index contributed by atoms with van der Waals surface area (Å²) in [6.45, 7) is 7.71. The topological polar surface area (TPSA) is 40.7 Å². The van der Waals surface area contributed by atoms with E-state index in [-0.39, 0.29) is 0 Å². The zero-order valence-corrected chi connectivity index (χ0v) is 11.4. The van der Waals surface area contributed by atoms with Gasteiger partial charge in [0.2, 0.25) is 0 Å². The Morgan fingerprint density at radius 2 is 2.00 bits per heavy atom. The monoisotopic (exact) mass is 243 g/mol. The second-order valence-corrected chi connectivity index (χ2v) is 5.71. The van der Waals surface area contributed by atoms with E-state index >= 15 is 0 Å². The lowest BCUT2D eigenvalue weighted by Gasteiger charge is -2.26. The average molecular weight is 243 g/mol. The number of fused-ring (bicyclic) bond motifs is 1. The Hall–Kier alpha value is -1.35. The molecule has 3 heteroatoms. The number of hydrogen-bond donors (Lipinski definition) is 2. The van der Waals surface area contributed by atoms with Gasteiger partial charge in [-0.25, -0.2) is 4.98 Å². The van der Waals surface area contributed by atoms with Gasteiger partial charge in [0.25, 0.3) is 0 Å². The zero-order valence-electron chi connectivity index (χ0n) is 11.4. The molecule has 1 aromatic carbocycles. The molecule has 1 saturated heterocycles. The smallest absolute Gasteiger partial charge is 0.124 e.